The molecule has 1 aromatic rings. The first-order valence-electron chi connectivity index (χ1n) is 6.68. The number of hydrogen-bond acceptors (Lipinski definition) is 2. The Morgan fingerprint density at radius 2 is 2.05 bits per heavy atom. The van der Waals surface area contributed by atoms with Crippen LogP contribution in [-0.4, -0.2) is 35.6 Å². The van der Waals surface area contributed by atoms with Gasteiger partial charge in [-0.2, -0.15) is 0 Å². The SMILES string of the molecule is CCC#CCN1C[C@@H](C(=O)O)[C@H](c2ccccc2)C1. The average molecular weight is 257 g/mol. The molecule has 1 aliphatic rings. The summed E-state index contributed by atoms with van der Waals surface area (Å²) in [6.45, 7) is 4.05. The summed E-state index contributed by atoms with van der Waals surface area (Å²) in [5.74, 6) is 5.16. The van der Waals surface area contributed by atoms with Crippen LogP contribution in [0.5, 0.6) is 0 Å². The number of hydrogen-bond donors (Lipinski definition) is 1. The molecule has 1 N–H and O–H groups in total. The molecule has 3 nitrogen and oxygen atoms in total. The zero-order chi connectivity index (χ0) is 13.7. The summed E-state index contributed by atoms with van der Waals surface area (Å²) in [6, 6.07) is 9.92. The molecular formula is C16H19NO2. The molecule has 19 heavy (non-hydrogen) atoms. The van der Waals surface area contributed by atoms with E-state index >= 15 is 0 Å². The van der Waals surface area contributed by atoms with E-state index in [2.05, 4.69) is 16.7 Å². The maximum Gasteiger partial charge on any atom is 0.308 e. The maximum absolute atomic E-state index is 11.4. The zero-order valence-corrected chi connectivity index (χ0v) is 11.2. The fraction of sp³-hybridized carbons (Fsp3) is 0.438. The fourth-order valence-corrected chi connectivity index (χ4v) is 2.60. The second kappa shape index (κ2) is 6.40. The highest BCUT2D eigenvalue weighted by Crippen LogP contribution is 2.32. The van der Waals surface area contributed by atoms with Crippen LogP contribution in [0.25, 0.3) is 0 Å². The second-order valence-electron chi connectivity index (χ2n) is 4.86. The molecule has 0 aliphatic carbocycles. The van der Waals surface area contributed by atoms with Gasteiger partial charge in [-0.3, -0.25) is 9.69 Å². The summed E-state index contributed by atoms with van der Waals surface area (Å²) in [5, 5.41) is 9.37. The quantitative estimate of drug-likeness (QED) is 0.844. The summed E-state index contributed by atoms with van der Waals surface area (Å²) < 4.78 is 0. The summed E-state index contributed by atoms with van der Waals surface area (Å²) in [5.41, 5.74) is 1.11. The van der Waals surface area contributed by atoms with Gasteiger partial charge in [-0.1, -0.05) is 43.2 Å². The molecule has 0 unspecified atom stereocenters. The van der Waals surface area contributed by atoms with Crippen LogP contribution in [0.4, 0.5) is 0 Å². The first kappa shape index (κ1) is 13.6. The lowest BCUT2D eigenvalue weighted by Crippen LogP contribution is -2.23. The molecule has 1 aromatic carbocycles. The van der Waals surface area contributed by atoms with Crippen molar-refractivity contribution in [3.63, 3.8) is 0 Å². The standard InChI is InChI=1S/C16H19NO2/c1-2-3-7-10-17-11-14(15(12-17)16(18)19)13-8-5-4-6-9-13/h4-6,8-9,14-15H,2,10-12H2,1H3,(H,18,19)/t14-,15+/m0/s1. The first-order chi connectivity index (χ1) is 9.22. The average Bonchev–Trinajstić information content (AvgIpc) is 2.84. The summed E-state index contributed by atoms with van der Waals surface area (Å²) in [4.78, 5) is 13.5. The second-order valence-corrected chi connectivity index (χ2v) is 4.86. The molecule has 3 heteroatoms. The molecule has 0 aromatic heterocycles. The van der Waals surface area contributed by atoms with Gasteiger partial charge in [-0.05, 0) is 5.56 Å². The largest absolute Gasteiger partial charge is 0.481 e. The van der Waals surface area contributed by atoms with Crippen molar-refractivity contribution < 1.29 is 9.90 Å². The molecule has 0 saturated carbocycles. The molecule has 1 heterocycles. The van der Waals surface area contributed by atoms with E-state index in [0.29, 0.717) is 13.1 Å². The van der Waals surface area contributed by atoms with Crippen LogP contribution in [0.3, 0.4) is 0 Å². The van der Waals surface area contributed by atoms with E-state index in [-0.39, 0.29) is 11.8 Å². The van der Waals surface area contributed by atoms with Gasteiger partial charge in [0.25, 0.3) is 0 Å². The van der Waals surface area contributed by atoms with Crippen molar-refractivity contribution in [2.45, 2.75) is 19.3 Å². The Kier molecular flexibility index (Phi) is 4.59. The molecule has 2 rings (SSSR count). The fourth-order valence-electron chi connectivity index (χ4n) is 2.60. The Bertz CT molecular complexity index is 486. The van der Waals surface area contributed by atoms with Crippen LogP contribution in [0.1, 0.15) is 24.8 Å². The topological polar surface area (TPSA) is 40.5 Å². The summed E-state index contributed by atoms with van der Waals surface area (Å²) in [7, 11) is 0. The number of rotatable bonds is 3. The van der Waals surface area contributed by atoms with E-state index in [9.17, 15) is 9.90 Å². The number of carbonyl (C=O) groups is 1. The van der Waals surface area contributed by atoms with Crippen molar-refractivity contribution in [1.29, 1.82) is 0 Å². The van der Waals surface area contributed by atoms with E-state index in [1.165, 1.54) is 0 Å². The van der Waals surface area contributed by atoms with Gasteiger partial charge in [0.15, 0.2) is 0 Å². The molecule has 1 aliphatic heterocycles. The third kappa shape index (κ3) is 3.36. The normalized spacial score (nSPS) is 22.8. The van der Waals surface area contributed by atoms with E-state index in [4.69, 9.17) is 0 Å². The lowest BCUT2D eigenvalue weighted by atomic mass is 9.89. The highest BCUT2D eigenvalue weighted by Gasteiger charge is 2.37. The molecule has 0 amide bonds. The number of carboxylic acid groups (broad SMARTS) is 1. The van der Waals surface area contributed by atoms with Crippen LogP contribution < -0.4 is 0 Å². The molecule has 100 valence electrons. The predicted octanol–water partition coefficient (Wildman–Crippen LogP) is 2.20. The smallest absolute Gasteiger partial charge is 0.308 e. The zero-order valence-electron chi connectivity index (χ0n) is 11.2. The Balaban J connectivity index is 2.11. The van der Waals surface area contributed by atoms with Crippen molar-refractivity contribution >= 4 is 5.97 Å². The molecular weight excluding hydrogens is 238 g/mol. The van der Waals surface area contributed by atoms with Gasteiger partial charge in [0.1, 0.15) is 0 Å². The Hall–Kier alpha value is -1.79. The third-order valence-corrected chi connectivity index (χ3v) is 3.54. The summed E-state index contributed by atoms with van der Waals surface area (Å²) in [6.07, 6.45) is 0.846. The Labute approximate surface area is 114 Å². The van der Waals surface area contributed by atoms with E-state index < -0.39 is 5.97 Å². The van der Waals surface area contributed by atoms with Crippen molar-refractivity contribution in [3.8, 4) is 11.8 Å². The van der Waals surface area contributed by atoms with E-state index in [1.54, 1.807) is 0 Å². The lowest BCUT2D eigenvalue weighted by Gasteiger charge is -2.14. The van der Waals surface area contributed by atoms with Gasteiger partial charge < -0.3 is 5.11 Å². The van der Waals surface area contributed by atoms with Crippen LogP contribution in [0.2, 0.25) is 0 Å². The highest BCUT2D eigenvalue weighted by atomic mass is 16.4. The van der Waals surface area contributed by atoms with Crippen LogP contribution in [0.15, 0.2) is 30.3 Å². The number of aliphatic carboxylic acids is 1. The lowest BCUT2D eigenvalue weighted by molar-refractivity contribution is -0.141. The van der Waals surface area contributed by atoms with E-state index in [1.807, 2.05) is 37.3 Å². The van der Waals surface area contributed by atoms with Gasteiger partial charge >= 0.3 is 5.97 Å². The number of nitrogens with zero attached hydrogens (tertiary/aromatic N) is 1. The van der Waals surface area contributed by atoms with Crippen LogP contribution in [0, 0.1) is 17.8 Å². The molecule has 1 saturated heterocycles. The van der Waals surface area contributed by atoms with Crippen LogP contribution >= 0.6 is 0 Å². The van der Waals surface area contributed by atoms with Gasteiger partial charge in [0, 0.05) is 25.4 Å². The number of likely N-dealkylation sites (tertiary alicyclic amines) is 1. The Morgan fingerprint density at radius 1 is 1.32 bits per heavy atom. The monoisotopic (exact) mass is 257 g/mol. The van der Waals surface area contributed by atoms with Gasteiger partial charge in [0.2, 0.25) is 0 Å². The van der Waals surface area contributed by atoms with Crippen molar-refractivity contribution in [1.82, 2.24) is 4.90 Å². The van der Waals surface area contributed by atoms with E-state index in [0.717, 1.165) is 18.5 Å². The van der Waals surface area contributed by atoms with Gasteiger partial charge in [-0.25, -0.2) is 0 Å². The molecule has 2 atom stereocenters. The molecule has 1 fully saturated rings. The highest BCUT2D eigenvalue weighted by molar-refractivity contribution is 5.72. The minimum atomic E-state index is -0.709. The minimum Gasteiger partial charge on any atom is -0.481 e. The number of benzene rings is 1. The maximum atomic E-state index is 11.4. The van der Waals surface area contributed by atoms with Gasteiger partial charge in [-0.15, -0.1) is 5.92 Å². The summed E-state index contributed by atoms with van der Waals surface area (Å²) >= 11 is 0. The predicted molar refractivity (Wildman–Crippen MR) is 74.8 cm³/mol. The van der Waals surface area contributed by atoms with Crippen LogP contribution in [-0.2, 0) is 4.79 Å². The number of carboxylic acids is 1. The third-order valence-electron chi connectivity index (χ3n) is 3.54. The molecule has 0 spiro atoms. The Morgan fingerprint density at radius 3 is 2.68 bits per heavy atom. The molecule has 0 radical (unpaired) electrons. The van der Waals surface area contributed by atoms with Gasteiger partial charge in [0.05, 0.1) is 12.5 Å². The first-order valence-corrected chi connectivity index (χ1v) is 6.68. The van der Waals surface area contributed by atoms with Crippen molar-refractivity contribution in [2.75, 3.05) is 19.6 Å². The van der Waals surface area contributed by atoms with Crippen molar-refractivity contribution in [3.05, 3.63) is 35.9 Å². The van der Waals surface area contributed by atoms with Crippen molar-refractivity contribution in [2.24, 2.45) is 5.92 Å². The minimum absolute atomic E-state index is 0.0714. The molecule has 0 bridgehead atoms.